The van der Waals surface area contributed by atoms with Crippen LogP contribution in [0.1, 0.15) is 37.7 Å². The fraction of sp³-hybridized carbons (Fsp3) is 0.684. The van der Waals surface area contributed by atoms with Crippen molar-refractivity contribution in [3.05, 3.63) is 35.9 Å². The molecule has 22 heavy (non-hydrogen) atoms. The van der Waals surface area contributed by atoms with Gasteiger partial charge in [-0.1, -0.05) is 36.8 Å². The number of aryl methyl sites for hydroxylation is 1. The molecule has 0 aromatic heterocycles. The van der Waals surface area contributed by atoms with Gasteiger partial charge in [0, 0.05) is 25.2 Å². The Morgan fingerprint density at radius 1 is 0.955 bits per heavy atom. The van der Waals surface area contributed by atoms with Crippen LogP contribution < -0.4 is 10.6 Å². The second-order valence-electron chi connectivity index (χ2n) is 7.02. The molecular weight excluding hydrogens is 270 g/mol. The van der Waals surface area contributed by atoms with Crippen molar-refractivity contribution in [3.63, 3.8) is 0 Å². The van der Waals surface area contributed by atoms with Crippen molar-refractivity contribution in [2.75, 3.05) is 39.3 Å². The van der Waals surface area contributed by atoms with Gasteiger partial charge in [0.25, 0.3) is 0 Å². The van der Waals surface area contributed by atoms with Crippen LogP contribution in [-0.4, -0.2) is 49.7 Å². The zero-order valence-electron chi connectivity index (χ0n) is 13.8. The Hall–Kier alpha value is -0.900. The molecule has 0 radical (unpaired) electrons. The maximum absolute atomic E-state index is 3.76. The van der Waals surface area contributed by atoms with Crippen LogP contribution in [0.5, 0.6) is 0 Å². The first-order valence-electron chi connectivity index (χ1n) is 9.08. The van der Waals surface area contributed by atoms with Crippen LogP contribution >= 0.6 is 0 Å². The molecule has 1 aromatic carbocycles. The summed E-state index contributed by atoms with van der Waals surface area (Å²) in [5, 5.41) is 7.31. The Bertz CT molecular complexity index is 416. The highest BCUT2D eigenvalue weighted by Crippen LogP contribution is 2.23. The van der Waals surface area contributed by atoms with E-state index in [-0.39, 0.29) is 0 Å². The molecule has 1 spiro atoms. The van der Waals surface area contributed by atoms with Crippen LogP contribution in [0.25, 0.3) is 0 Å². The molecule has 0 atom stereocenters. The second kappa shape index (κ2) is 8.09. The third kappa shape index (κ3) is 4.55. The molecule has 2 saturated heterocycles. The van der Waals surface area contributed by atoms with Crippen LogP contribution in [0.3, 0.4) is 0 Å². The minimum atomic E-state index is 0.405. The Balaban J connectivity index is 1.27. The maximum Gasteiger partial charge on any atom is 0.0331 e. The number of benzene rings is 1. The van der Waals surface area contributed by atoms with Crippen molar-refractivity contribution >= 4 is 0 Å². The summed E-state index contributed by atoms with van der Waals surface area (Å²) in [6, 6.07) is 10.9. The second-order valence-corrected chi connectivity index (χ2v) is 7.02. The lowest BCUT2D eigenvalue weighted by molar-refractivity contribution is 0.120. The summed E-state index contributed by atoms with van der Waals surface area (Å²) in [7, 11) is 0. The molecular formula is C19H31N3. The molecule has 2 aliphatic heterocycles. The van der Waals surface area contributed by atoms with E-state index in [9.17, 15) is 0 Å². The van der Waals surface area contributed by atoms with Gasteiger partial charge in [0.2, 0.25) is 0 Å². The molecule has 0 unspecified atom stereocenters. The molecule has 3 heteroatoms. The van der Waals surface area contributed by atoms with Gasteiger partial charge >= 0.3 is 0 Å². The van der Waals surface area contributed by atoms with E-state index in [1.165, 1.54) is 63.7 Å². The molecule has 0 aliphatic carbocycles. The highest BCUT2D eigenvalue weighted by Gasteiger charge is 2.34. The molecule has 2 N–H and O–H groups in total. The lowest BCUT2D eigenvalue weighted by Crippen LogP contribution is -2.63. The summed E-state index contributed by atoms with van der Waals surface area (Å²) in [5.41, 5.74) is 1.89. The SMILES string of the molecule is c1ccc(CCCCCN2CCC3(CC2)CNCCN3)cc1. The van der Waals surface area contributed by atoms with Gasteiger partial charge in [-0.3, -0.25) is 0 Å². The van der Waals surface area contributed by atoms with E-state index in [1.54, 1.807) is 0 Å². The van der Waals surface area contributed by atoms with E-state index in [4.69, 9.17) is 0 Å². The molecule has 0 saturated carbocycles. The standard InChI is InChI=1S/C19H31N3/c1-3-7-18(8-4-1)9-5-2-6-14-22-15-10-19(11-16-22)17-20-12-13-21-19/h1,3-4,7-8,20-21H,2,5-6,9-17H2. The molecule has 2 aliphatic rings. The Labute approximate surface area is 135 Å². The monoisotopic (exact) mass is 301 g/mol. The van der Waals surface area contributed by atoms with Crippen molar-refractivity contribution in [2.45, 2.75) is 44.1 Å². The number of piperazine rings is 1. The molecule has 122 valence electrons. The van der Waals surface area contributed by atoms with Crippen LogP contribution in [0.2, 0.25) is 0 Å². The Morgan fingerprint density at radius 3 is 2.50 bits per heavy atom. The first kappa shape index (κ1) is 16.0. The number of unbranched alkanes of at least 4 members (excludes halogenated alkanes) is 2. The average Bonchev–Trinajstić information content (AvgIpc) is 2.58. The first-order chi connectivity index (χ1) is 10.9. The molecule has 2 heterocycles. The maximum atomic E-state index is 3.76. The van der Waals surface area contributed by atoms with Gasteiger partial charge < -0.3 is 15.5 Å². The molecule has 2 fully saturated rings. The number of nitrogens with zero attached hydrogens (tertiary/aromatic N) is 1. The minimum absolute atomic E-state index is 0.405. The van der Waals surface area contributed by atoms with Gasteiger partial charge in [0.05, 0.1) is 0 Å². The van der Waals surface area contributed by atoms with Crippen molar-refractivity contribution in [2.24, 2.45) is 0 Å². The smallest absolute Gasteiger partial charge is 0.0331 e. The van der Waals surface area contributed by atoms with E-state index in [2.05, 4.69) is 45.9 Å². The van der Waals surface area contributed by atoms with Gasteiger partial charge in [0.1, 0.15) is 0 Å². The number of hydrogen-bond donors (Lipinski definition) is 2. The summed E-state index contributed by atoms with van der Waals surface area (Å²) < 4.78 is 0. The van der Waals surface area contributed by atoms with Gasteiger partial charge in [-0.2, -0.15) is 0 Å². The third-order valence-corrected chi connectivity index (χ3v) is 5.36. The van der Waals surface area contributed by atoms with Crippen LogP contribution in [0.4, 0.5) is 0 Å². The highest BCUT2D eigenvalue weighted by molar-refractivity contribution is 5.14. The van der Waals surface area contributed by atoms with Gasteiger partial charge in [0.15, 0.2) is 0 Å². The van der Waals surface area contributed by atoms with Crippen molar-refractivity contribution in [1.82, 2.24) is 15.5 Å². The van der Waals surface area contributed by atoms with Crippen LogP contribution in [-0.2, 0) is 6.42 Å². The summed E-state index contributed by atoms with van der Waals surface area (Å²) in [6.07, 6.45) is 7.89. The first-order valence-corrected chi connectivity index (χ1v) is 9.08. The average molecular weight is 301 g/mol. The highest BCUT2D eigenvalue weighted by atomic mass is 15.2. The summed E-state index contributed by atoms with van der Waals surface area (Å²) in [4.78, 5) is 2.67. The topological polar surface area (TPSA) is 27.3 Å². The number of nitrogens with one attached hydrogen (secondary N) is 2. The van der Waals surface area contributed by atoms with Crippen molar-refractivity contribution < 1.29 is 0 Å². The number of hydrogen-bond acceptors (Lipinski definition) is 3. The number of likely N-dealkylation sites (tertiary alicyclic amines) is 1. The normalized spacial score (nSPS) is 22.0. The Kier molecular flexibility index (Phi) is 5.88. The van der Waals surface area contributed by atoms with E-state index >= 15 is 0 Å². The summed E-state index contributed by atoms with van der Waals surface area (Å²) in [6.45, 7) is 7.27. The number of rotatable bonds is 6. The predicted octanol–water partition coefficient (Wildman–Crippen LogP) is 2.43. The van der Waals surface area contributed by atoms with Crippen molar-refractivity contribution in [1.29, 1.82) is 0 Å². The lowest BCUT2D eigenvalue weighted by atomic mass is 9.86. The Morgan fingerprint density at radius 2 is 1.77 bits per heavy atom. The fourth-order valence-electron chi connectivity index (χ4n) is 3.85. The molecule has 3 nitrogen and oxygen atoms in total. The zero-order chi connectivity index (χ0) is 15.1. The third-order valence-electron chi connectivity index (χ3n) is 5.36. The molecule has 0 bridgehead atoms. The minimum Gasteiger partial charge on any atom is -0.314 e. The van der Waals surface area contributed by atoms with Crippen molar-refractivity contribution in [3.8, 4) is 0 Å². The molecule has 3 rings (SSSR count). The van der Waals surface area contributed by atoms with E-state index in [0.717, 1.165) is 19.6 Å². The number of piperidine rings is 1. The van der Waals surface area contributed by atoms with E-state index in [0.29, 0.717) is 5.54 Å². The summed E-state index contributed by atoms with van der Waals surface area (Å²) >= 11 is 0. The van der Waals surface area contributed by atoms with Gasteiger partial charge in [-0.25, -0.2) is 0 Å². The summed E-state index contributed by atoms with van der Waals surface area (Å²) in [5.74, 6) is 0. The van der Waals surface area contributed by atoms with E-state index in [1.807, 2.05) is 0 Å². The zero-order valence-corrected chi connectivity index (χ0v) is 13.8. The van der Waals surface area contributed by atoms with Crippen LogP contribution in [0.15, 0.2) is 30.3 Å². The quantitative estimate of drug-likeness (QED) is 0.790. The molecule has 0 amide bonds. The van der Waals surface area contributed by atoms with Crippen LogP contribution in [0, 0.1) is 0 Å². The largest absolute Gasteiger partial charge is 0.314 e. The van der Waals surface area contributed by atoms with Gasteiger partial charge in [-0.15, -0.1) is 0 Å². The van der Waals surface area contributed by atoms with E-state index < -0.39 is 0 Å². The fourth-order valence-corrected chi connectivity index (χ4v) is 3.85. The molecule has 1 aromatic rings. The van der Waals surface area contributed by atoms with Gasteiger partial charge in [-0.05, 0) is 57.3 Å². The lowest BCUT2D eigenvalue weighted by Gasteiger charge is -2.45. The predicted molar refractivity (Wildman–Crippen MR) is 93.3 cm³/mol.